The Morgan fingerprint density at radius 1 is 1.21 bits per heavy atom. The van der Waals surface area contributed by atoms with Crippen LogP contribution >= 0.6 is 23.4 Å². The van der Waals surface area contributed by atoms with Crippen LogP contribution in [0.3, 0.4) is 0 Å². The lowest BCUT2D eigenvalue weighted by Crippen LogP contribution is -1.85. The summed E-state index contributed by atoms with van der Waals surface area (Å²) in [5, 5.41) is 9.31. The van der Waals surface area contributed by atoms with Gasteiger partial charge < -0.3 is 4.74 Å². The zero-order valence-electron chi connectivity index (χ0n) is 10.4. The Balaban J connectivity index is 2.19. The van der Waals surface area contributed by atoms with Crippen molar-refractivity contribution in [2.75, 3.05) is 7.11 Å². The van der Waals surface area contributed by atoms with E-state index in [1.54, 1.807) is 18.9 Å². The van der Waals surface area contributed by atoms with Crippen LogP contribution in [0.4, 0.5) is 0 Å². The average molecular weight is 290 g/mol. The molecule has 2 nitrogen and oxygen atoms in total. The van der Waals surface area contributed by atoms with Gasteiger partial charge in [0.1, 0.15) is 5.75 Å². The molecule has 0 atom stereocenters. The van der Waals surface area contributed by atoms with E-state index in [-0.39, 0.29) is 0 Å². The third-order valence-corrected chi connectivity index (χ3v) is 3.90. The molecule has 0 aliphatic carbocycles. The van der Waals surface area contributed by atoms with Crippen LogP contribution in [0.25, 0.3) is 0 Å². The maximum Gasteiger partial charge on any atom is 0.119 e. The Bertz CT molecular complexity index is 622. The zero-order chi connectivity index (χ0) is 13.7. The fourth-order valence-corrected chi connectivity index (χ4v) is 2.84. The minimum Gasteiger partial charge on any atom is -0.497 e. The number of nitriles is 1. The van der Waals surface area contributed by atoms with E-state index in [0.29, 0.717) is 11.4 Å². The van der Waals surface area contributed by atoms with Gasteiger partial charge in [-0.25, -0.2) is 0 Å². The predicted octanol–water partition coefficient (Wildman–Crippen LogP) is 4.57. The molecule has 0 spiro atoms. The van der Waals surface area contributed by atoms with Crippen LogP contribution < -0.4 is 4.74 Å². The van der Waals surface area contributed by atoms with Crippen LogP contribution in [0, 0.1) is 11.3 Å². The second-order valence-corrected chi connectivity index (χ2v) is 5.42. The average Bonchev–Trinajstić information content (AvgIpc) is 2.42. The molecular weight excluding hydrogens is 278 g/mol. The monoisotopic (exact) mass is 289 g/mol. The van der Waals surface area contributed by atoms with Crippen molar-refractivity contribution < 1.29 is 4.74 Å². The summed E-state index contributed by atoms with van der Waals surface area (Å²) in [4.78, 5) is 2.13. The van der Waals surface area contributed by atoms with Crippen molar-refractivity contribution in [1.29, 1.82) is 5.26 Å². The lowest BCUT2D eigenvalue weighted by molar-refractivity contribution is 0.413. The largest absolute Gasteiger partial charge is 0.497 e. The maximum absolute atomic E-state index is 8.68. The van der Waals surface area contributed by atoms with E-state index in [0.717, 1.165) is 21.1 Å². The van der Waals surface area contributed by atoms with Crippen LogP contribution in [0.5, 0.6) is 5.75 Å². The fraction of sp³-hybridized carbons (Fsp3) is 0.133. The Kier molecular flexibility index (Phi) is 4.73. The van der Waals surface area contributed by atoms with Gasteiger partial charge in [0.05, 0.1) is 19.6 Å². The molecule has 0 saturated carbocycles. The Labute approximate surface area is 122 Å². The molecule has 2 rings (SSSR count). The van der Waals surface area contributed by atoms with Gasteiger partial charge in [-0.05, 0) is 35.9 Å². The van der Waals surface area contributed by atoms with Gasteiger partial charge >= 0.3 is 0 Å². The lowest BCUT2D eigenvalue weighted by Gasteiger charge is -2.06. The van der Waals surface area contributed by atoms with Gasteiger partial charge in [0, 0.05) is 14.8 Å². The first kappa shape index (κ1) is 13.8. The summed E-state index contributed by atoms with van der Waals surface area (Å²) in [6.07, 6.45) is 0.336. The third kappa shape index (κ3) is 3.66. The molecule has 0 unspecified atom stereocenters. The minimum absolute atomic E-state index is 0.336. The molecule has 0 amide bonds. The molecule has 0 heterocycles. The van der Waals surface area contributed by atoms with Gasteiger partial charge in [0.2, 0.25) is 0 Å². The second kappa shape index (κ2) is 6.51. The Morgan fingerprint density at radius 3 is 2.68 bits per heavy atom. The Morgan fingerprint density at radius 2 is 2.00 bits per heavy atom. The smallest absolute Gasteiger partial charge is 0.119 e. The number of hydrogen-bond acceptors (Lipinski definition) is 3. The molecule has 0 saturated heterocycles. The van der Waals surface area contributed by atoms with E-state index >= 15 is 0 Å². The molecule has 0 aliphatic rings. The van der Waals surface area contributed by atoms with Crippen molar-refractivity contribution in [2.45, 2.75) is 16.2 Å². The Hall–Kier alpha value is -1.63. The van der Waals surface area contributed by atoms with Gasteiger partial charge in [0.15, 0.2) is 0 Å². The van der Waals surface area contributed by atoms with Crippen LogP contribution in [0.15, 0.2) is 52.3 Å². The summed E-state index contributed by atoms with van der Waals surface area (Å²) in [6, 6.07) is 15.7. The van der Waals surface area contributed by atoms with E-state index in [2.05, 4.69) is 6.07 Å². The van der Waals surface area contributed by atoms with E-state index in [9.17, 15) is 0 Å². The summed E-state index contributed by atoms with van der Waals surface area (Å²) in [5.74, 6) is 0.831. The highest BCUT2D eigenvalue weighted by Gasteiger charge is 2.04. The van der Waals surface area contributed by atoms with E-state index in [1.165, 1.54) is 0 Å². The molecule has 0 radical (unpaired) electrons. The molecule has 0 fully saturated rings. The molecule has 0 N–H and O–H groups in total. The van der Waals surface area contributed by atoms with Crippen LogP contribution in [0.1, 0.15) is 5.56 Å². The first-order chi connectivity index (χ1) is 9.22. The molecule has 0 aliphatic heterocycles. The number of rotatable bonds is 4. The molecule has 0 aromatic heterocycles. The van der Waals surface area contributed by atoms with Crippen molar-refractivity contribution in [3.8, 4) is 11.8 Å². The first-order valence-electron chi connectivity index (χ1n) is 5.70. The minimum atomic E-state index is 0.336. The third-order valence-electron chi connectivity index (χ3n) is 2.57. The number of nitrogens with zero attached hydrogens (tertiary/aromatic N) is 1. The lowest BCUT2D eigenvalue weighted by atomic mass is 10.2. The van der Waals surface area contributed by atoms with Crippen LogP contribution in [-0.4, -0.2) is 7.11 Å². The standard InChI is InChI=1S/C15H12ClNOS/c1-18-12-3-2-4-13(9-12)19-14-6-5-11(7-8-17)15(16)10-14/h2-6,9-10H,7H2,1H3. The summed E-state index contributed by atoms with van der Waals surface area (Å²) in [7, 11) is 1.65. The summed E-state index contributed by atoms with van der Waals surface area (Å²) in [5.41, 5.74) is 0.860. The number of ether oxygens (including phenoxy) is 1. The highest BCUT2D eigenvalue weighted by molar-refractivity contribution is 7.99. The zero-order valence-corrected chi connectivity index (χ0v) is 12.0. The van der Waals surface area contributed by atoms with E-state index in [4.69, 9.17) is 21.6 Å². The van der Waals surface area contributed by atoms with Crippen molar-refractivity contribution in [3.05, 3.63) is 53.1 Å². The van der Waals surface area contributed by atoms with E-state index in [1.807, 2.05) is 42.5 Å². The highest BCUT2D eigenvalue weighted by atomic mass is 35.5. The summed E-state index contributed by atoms with van der Waals surface area (Å²) < 4.78 is 5.19. The highest BCUT2D eigenvalue weighted by Crippen LogP contribution is 2.32. The predicted molar refractivity (Wildman–Crippen MR) is 77.9 cm³/mol. The summed E-state index contributed by atoms with van der Waals surface area (Å²) >= 11 is 7.75. The van der Waals surface area contributed by atoms with Crippen LogP contribution in [0.2, 0.25) is 5.02 Å². The number of methoxy groups -OCH3 is 1. The number of benzene rings is 2. The molecule has 19 heavy (non-hydrogen) atoms. The van der Waals surface area contributed by atoms with Crippen molar-refractivity contribution in [2.24, 2.45) is 0 Å². The first-order valence-corrected chi connectivity index (χ1v) is 6.89. The van der Waals surface area contributed by atoms with Gasteiger partial charge in [-0.15, -0.1) is 0 Å². The van der Waals surface area contributed by atoms with E-state index < -0.39 is 0 Å². The quantitative estimate of drug-likeness (QED) is 0.827. The SMILES string of the molecule is COc1cccc(Sc2ccc(CC#N)c(Cl)c2)c1. The van der Waals surface area contributed by atoms with Crippen molar-refractivity contribution in [3.63, 3.8) is 0 Å². The fourth-order valence-electron chi connectivity index (χ4n) is 1.62. The van der Waals surface area contributed by atoms with Crippen molar-refractivity contribution >= 4 is 23.4 Å². The number of hydrogen-bond donors (Lipinski definition) is 0. The van der Waals surface area contributed by atoms with Crippen molar-refractivity contribution in [1.82, 2.24) is 0 Å². The van der Waals surface area contributed by atoms with Gasteiger partial charge in [-0.2, -0.15) is 5.26 Å². The molecule has 4 heteroatoms. The van der Waals surface area contributed by atoms with Gasteiger partial charge in [-0.3, -0.25) is 0 Å². The number of halogens is 1. The normalized spacial score (nSPS) is 9.95. The van der Waals surface area contributed by atoms with Gasteiger partial charge in [0.25, 0.3) is 0 Å². The van der Waals surface area contributed by atoms with Gasteiger partial charge in [-0.1, -0.05) is 35.5 Å². The molecule has 0 bridgehead atoms. The molecular formula is C15H12ClNOS. The summed E-state index contributed by atoms with van der Waals surface area (Å²) in [6.45, 7) is 0. The molecule has 2 aromatic rings. The molecule has 96 valence electrons. The maximum atomic E-state index is 8.68. The topological polar surface area (TPSA) is 33.0 Å². The second-order valence-electron chi connectivity index (χ2n) is 3.87. The van der Waals surface area contributed by atoms with Crippen LogP contribution in [-0.2, 0) is 6.42 Å². The molecule has 2 aromatic carbocycles.